The molecule has 0 amide bonds. The molecule has 7 heteroatoms. The van der Waals surface area contributed by atoms with Crippen LogP contribution in [0.1, 0.15) is 23.6 Å². The maximum absolute atomic E-state index is 12.8. The molecule has 0 bridgehead atoms. The van der Waals surface area contributed by atoms with E-state index in [0.717, 1.165) is 19.2 Å². The van der Waals surface area contributed by atoms with Crippen molar-refractivity contribution in [1.29, 1.82) is 0 Å². The molecule has 0 aromatic heterocycles. The van der Waals surface area contributed by atoms with E-state index in [9.17, 15) is 22.4 Å². The maximum atomic E-state index is 12.8. The first-order valence-electron chi connectivity index (χ1n) is 4.94. The molecule has 100 valence electrons. The summed E-state index contributed by atoms with van der Waals surface area (Å²) in [5.74, 6) is -1.75. The SMILES string of the molecule is COC(=O)CC(N)c1ccc(F)cc1C(F)(F)F. The van der Waals surface area contributed by atoms with Gasteiger partial charge < -0.3 is 10.5 Å². The minimum atomic E-state index is -4.73. The number of alkyl halides is 3. The highest BCUT2D eigenvalue weighted by Gasteiger charge is 2.35. The Labute approximate surface area is 101 Å². The molecule has 0 spiro atoms. The predicted octanol–water partition coefficient (Wildman–Crippen LogP) is 2.41. The highest BCUT2D eigenvalue weighted by molar-refractivity contribution is 5.70. The second-order valence-corrected chi connectivity index (χ2v) is 3.62. The highest BCUT2D eigenvalue weighted by Crippen LogP contribution is 2.35. The molecular weight excluding hydrogens is 254 g/mol. The van der Waals surface area contributed by atoms with E-state index >= 15 is 0 Å². The van der Waals surface area contributed by atoms with E-state index in [1.165, 1.54) is 0 Å². The van der Waals surface area contributed by atoms with Gasteiger partial charge >= 0.3 is 12.1 Å². The first-order valence-corrected chi connectivity index (χ1v) is 4.94. The number of carbonyl (C=O) groups excluding carboxylic acids is 1. The Morgan fingerprint density at radius 2 is 2.06 bits per heavy atom. The van der Waals surface area contributed by atoms with Crippen molar-refractivity contribution in [2.24, 2.45) is 5.73 Å². The van der Waals surface area contributed by atoms with Crippen molar-refractivity contribution < 1.29 is 27.1 Å². The van der Waals surface area contributed by atoms with Crippen molar-refractivity contribution in [3.05, 3.63) is 35.1 Å². The average Bonchev–Trinajstić information content (AvgIpc) is 2.27. The minimum absolute atomic E-state index is 0.339. The van der Waals surface area contributed by atoms with E-state index in [2.05, 4.69) is 4.74 Å². The molecule has 1 aromatic carbocycles. The van der Waals surface area contributed by atoms with Crippen molar-refractivity contribution in [2.45, 2.75) is 18.6 Å². The molecule has 1 unspecified atom stereocenters. The van der Waals surface area contributed by atoms with E-state index < -0.39 is 36.0 Å². The number of esters is 1. The topological polar surface area (TPSA) is 52.3 Å². The minimum Gasteiger partial charge on any atom is -0.469 e. The summed E-state index contributed by atoms with van der Waals surface area (Å²) in [4.78, 5) is 11.0. The normalized spacial score (nSPS) is 13.2. The van der Waals surface area contributed by atoms with Gasteiger partial charge in [0.25, 0.3) is 0 Å². The van der Waals surface area contributed by atoms with Crippen LogP contribution in [0.3, 0.4) is 0 Å². The fourth-order valence-electron chi connectivity index (χ4n) is 1.47. The van der Waals surface area contributed by atoms with Crippen molar-refractivity contribution in [3.63, 3.8) is 0 Å². The van der Waals surface area contributed by atoms with E-state index in [-0.39, 0.29) is 5.56 Å². The monoisotopic (exact) mass is 265 g/mol. The summed E-state index contributed by atoms with van der Waals surface area (Å²) in [6, 6.07) is 0.939. The number of ether oxygens (including phenoxy) is 1. The standard InChI is InChI=1S/C11H11F4NO2/c1-18-10(17)5-9(16)7-3-2-6(12)4-8(7)11(13,14)15/h2-4,9H,5,16H2,1H3. The highest BCUT2D eigenvalue weighted by atomic mass is 19.4. The van der Waals surface area contributed by atoms with Gasteiger partial charge in [-0.3, -0.25) is 4.79 Å². The fourth-order valence-corrected chi connectivity index (χ4v) is 1.47. The summed E-state index contributed by atoms with van der Waals surface area (Å²) in [5.41, 5.74) is 3.98. The third kappa shape index (κ3) is 3.43. The van der Waals surface area contributed by atoms with Gasteiger partial charge in [0.2, 0.25) is 0 Å². The van der Waals surface area contributed by atoms with Gasteiger partial charge in [0.15, 0.2) is 0 Å². The van der Waals surface area contributed by atoms with Crippen molar-refractivity contribution in [3.8, 4) is 0 Å². The van der Waals surface area contributed by atoms with E-state index in [1.54, 1.807) is 0 Å². The van der Waals surface area contributed by atoms with Crippen LogP contribution in [0.4, 0.5) is 17.6 Å². The lowest BCUT2D eigenvalue weighted by Crippen LogP contribution is -2.21. The number of halogens is 4. The van der Waals surface area contributed by atoms with Crippen LogP contribution in [0.25, 0.3) is 0 Å². The number of carbonyl (C=O) groups is 1. The lowest BCUT2D eigenvalue weighted by atomic mass is 9.98. The van der Waals surface area contributed by atoms with Crippen LogP contribution in [0.2, 0.25) is 0 Å². The quantitative estimate of drug-likeness (QED) is 0.674. The molecule has 2 N–H and O–H groups in total. The zero-order valence-corrected chi connectivity index (χ0v) is 9.42. The second kappa shape index (κ2) is 5.34. The van der Waals surface area contributed by atoms with Gasteiger partial charge in [-0.1, -0.05) is 6.07 Å². The smallest absolute Gasteiger partial charge is 0.416 e. The molecule has 0 radical (unpaired) electrons. The number of hydrogen-bond acceptors (Lipinski definition) is 3. The summed E-state index contributed by atoms with van der Waals surface area (Å²) in [5, 5.41) is 0. The first-order chi connectivity index (χ1) is 8.25. The molecule has 0 aliphatic carbocycles. The molecular formula is C11H11F4NO2. The van der Waals surface area contributed by atoms with Gasteiger partial charge in [-0.2, -0.15) is 13.2 Å². The molecule has 0 saturated carbocycles. The third-order valence-corrected chi connectivity index (χ3v) is 2.33. The van der Waals surface area contributed by atoms with E-state index in [1.807, 2.05) is 0 Å². The van der Waals surface area contributed by atoms with Crippen molar-refractivity contribution in [1.82, 2.24) is 0 Å². The number of hydrogen-bond donors (Lipinski definition) is 1. The van der Waals surface area contributed by atoms with Gasteiger partial charge in [-0.15, -0.1) is 0 Å². The molecule has 1 atom stereocenters. The van der Waals surface area contributed by atoms with Crippen LogP contribution < -0.4 is 5.73 Å². The number of rotatable bonds is 3. The number of methoxy groups -OCH3 is 1. The Morgan fingerprint density at radius 3 is 2.56 bits per heavy atom. The molecule has 0 saturated heterocycles. The third-order valence-electron chi connectivity index (χ3n) is 2.33. The second-order valence-electron chi connectivity index (χ2n) is 3.62. The Kier molecular flexibility index (Phi) is 4.28. The van der Waals surface area contributed by atoms with E-state index in [4.69, 9.17) is 5.73 Å². The van der Waals surface area contributed by atoms with Crippen LogP contribution in [0.5, 0.6) is 0 Å². The van der Waals surface area contributed by atoms with Gasteiger partial charge in [0.1, 0.15) is 5.82 Å². The van der Waals surface area contributed by atoms with Gasteiger partial charge in [-0.25, -0.2) is 4.39 Å². The molecule has 0 aliphatic heterocycles. The average molecular weight is 265 g/mol. The number of nitrogens with two attached hydrogens (primary N) is 1. The van der Waals surface area contributed by atoms with Crippen LogP contribution in [0.15, 0.2) is 18.2 Å². The maximum Gasteiger partial charge on any atom is 0.416 e. The Balaban J connectivity index is 3.12. The lowest BCUT2D eigenvalue weighted by Gasteiger charge is -2.17. The molecule has 18 heavy (non-hydrogen) atoms. The molecule has 3 nitrogen and oxygen atoms in total. The Hall–Kier alpha value is -1.63. The van der Waals surface area contributed by atoms with Gasteiger partial charge in [0, 0.05) is 6.04 Å². The number of benzene rings is 1. The predicted molar refractivity (Wildman–Crippen MR) is 55.0 cm³/mol. The summed E-state index contributed by atoms with van der Waals surface area (Å²) >= 11 is 0. The summed E-state index contributed by atoms with van der Waals surface area (Å²) in [7, 11) is 1.10. The van der Waals surface area contributed by atoms with Crippen LogP contribution in [-0.4, -0.2) is 13.1 Å². The summed E-state index contributed by atoms with van der Waals surface area (Å²) in [6.45, 7) is 0. The Morgan fingerprint density at radius 1 is 1.44 bits per heavy atom. The van der Waals surface area contributed by atoms with E-state index in [0.29, 0.717) is 6.07 Å². The van der Waals surface area contributed by atoms with Crippen LogP contribution >= 0.6 is 0 Å². The van der Waals surface area contributed by atoms with Crippen LogP contribution in [-0.2, 0) is 15.7 Å². The molecule has 1 aromatic rings. The molecule has 0 fully saturated rings. The lowest BCUT2D eigenvalue weighted by molar-refractivity contribution is -0.142. The fraction of sp³-hybridized carbons (Fsp3) is 0.364. The van der Waals surface area contributed by atoms with Gasteiger partial charge in [0.05, 0.1) is 19.1 Å². The first kappa shape index (κ1) is 14.4. The zero-order chi connectivity index (χ0) is 13.9. The summed E-state index contributed by atoms with van der Waals surface area (Å²) < 4.78 is 55.2. The van der Waals surface area contributed by atoms with Crippen molar-refractivity contribution >= 4 is 5.97 Å². The molecule has 1 rings (SSSR count). The molecule has 0 heterocycles. The van der Waals surface area contributed by atoms with Crippen LogP contribution in [0, 0.1) is 5.82 Å². The van der Waals surface area contributed by atoms with Gasteiger partial charge in [-0.05, 0) is 17.7 Å². The summed E-state index contributed by atoms with van der Waals surface area (Å²) in [6.07, 6.45) is -5.14. The van der Waals surface area contributed by atoms with Crippen molar-refractivity contribution in [2.75, 3.05) is 7.11 Å². The zero-order valence-electron chi connectivity index (χ0n) is 9.42. The molecule has 0 aliphatic rings. The Bertz CT molecular complexity index is 445. The largest absolute Gasteiger partial charge is 0.469 e.